The van der Waals surface area contributed by atoms with Crippen LogP contribution in [0.25, 0.3) is 0 Å². The van der Waals surface area contributed by atoms with Gasteiger partial charge in [0.1, 0.15) is 6.04 Å². The standard InChI is InChI=1S/C30H33BrN2O2/c1-22(30(35)32-27-17-8-9-18-27)33(21-23-11-10-16-26(31)19-23)29(34)20-28(24-12-4-2-5-13-24)25-14-6-3-7-15-25/h2-7,10-16,19,22,27-28H,8-9,17-18,20-21H2,1H3,(H,32,35). The molecule has 0 radical (unpaired) electrons. The molecule has 35 heavy (non-hydrogen) atoms. The number of hydrogen-bond acceptors (Lipinski definition) is 2. The van der Waals surface area contributed by atoms with Crippen molar-refractivity contribution in [3.63, 3.8) is 0 Å². The van der Waals surface area contributed by atoms with Gasteiger partial charge in [0, 0.05) is 29.4 Å². The fourth-order valence-corrected chi connectivity index (χ4v) is 5.34. The van der Waals surface area contributed by atoms with Gasteiger partial charge in [-0.1, -0.05) is 102 Å². The Morgan fingerprint density at radius 1 is 0.914 bits per heavy atom. The van der Waals surface area contributed by atoms with E-state index in [1.165, 1.54) is 0 Å². The molecule has 0 aromatic heterocycles. The number of nitrogens with one attached hydrogen (secondary N) is 1. The average molecular weight is 534 g/mol. The van der Waals surface area contributed by atoms with E-state index in [1.807, 2.05) is 67.6 Å². The molecule has 1 fully saturated rings. The highest BCUT2D eigenvalue weighted by atomic mass is 79.9. The second-order valence-electron chi connectivity index (χ2n) is 9.40. The van der Waals surface area contributed by atoms with Crippen molar-refractivity contribution in [1.29, 1.82) is 0 Å². The van der Waals surface area contributed by atoms with Crippen LogP contribution in [0, 0.1) is 0 Å². The summed E-state index contributed by atoms with van der Waals surface area (Å²) in [6, 6.07) is 27.9. The smallest absolute Gasteiger partial charge is 0.242 e. The van der Waals surface area contributed by atoms with E-state index in [9.17, 15) is 9.59 Å². The summed E-state index contributed by atoms with van der Waals surface area (Å²) in [5, 5.41) is 3.19. The number of nitrogens with zero attached hydrogens (tertiary/aromatic N) is 1. The van der Waals surface area contributed by atoms with Gasteiger partial charge in [-0.15, -0.1) is 0 Å². The Morgan fingerprint density at radius 3 is 2.09 bits per heavy atom. The van der Waals surface area contributed by atoms with Gasteiger partial charge in [0.2, 0.25) is 11.8 Å². The van der Waals surface area contributed by atoms with Crippen LogP contribution in [-0.2, 0) is 16.1 Å². The lowest BCUT2D eigenvalue weighted by Gasteiger charge is -2.31. The maximum atomic E-state index is 13.9. The molecule has 3 aromatic carbocycles. The Balaban J connectivity index is 1.60. The van der Waals surface area contributed by atoms with Crippen molar-refractivity contribution < 1.29 is 9.59 Å². The molecule has 0 aliphatic heterocycles. The molecular formula is C30H33BrN2O2. The average Bonchev–Trinajstić information content (AvgIpc) is 3.39. The van der Waals surface area contributed by atoms with Crippen molar-refractivity contribution in [2.24, 2.45) is 0 Å². The van der Waals surface area contributed by atoms with Crippen LogP contribution < -0.4 is 5.32 Å². The molecule has 2 amide bonds. The van der Waals surface area contributed by atoms with Gasteiger partial charge in [0.05, 0.1) is 0 Å². The molecule has 1 aliphatic carbocycles. The van der Waals surface area contributed by atoms with Gasteiger partial charge in [-0.05, 0) is 48.6 Å². The van der Waals surface area contributed by atoms with Gasteiger partial charge in [-0.3, -0.25) is 9.59 Å². The quantitative estimate of drug-likeness (QED) is 0.344. The summed E-state index contributed by atoms with van der Waals surface area (Å²) < 4.78 is 0.955. The molecule has 1 N–H and O–H groups in total. The molecular weight excluding hydrogens is 500 g/mol. The largest absolute Gasteiger partial charge is 0.352 e. The van der Waals surface area contributed by atoms with E-state index in [1.54, 1.807) is 4.90 Å². The van der Waals surface area contributed by atoms with E-state index in [2.05, 4.69) is 45.5 Å². The number of rotatable bonds is 9. The molecule has 5 heteroatoms. The monoisotopic (exact) mass is 532 g/mol. The number of amides is 2. The Bertz CT molecular complexity index is 1070. The van der Waals surface area contributed by atoms with Crippen molar-refractivity contribution >= 4 is 27.7 Å². The predicted molar refractivity (Wildman–Crippen MR) is 144 cm³/mol. The second kappa shape index (κ2) is 12.2. The van der Waals surface area contributed by atoms with Crippen LogP contribution >= 0.6 is 15.9 Å². The van der Waals surface area contributed by atoms with Crippen molar-refractivity contribution in [2.75, 3.05) is 0 Å². The van der Waals surface area contributed by atoms with Crippen molar-refractivity contribution in [3.05, 3.63) is 106 Å². The van der Waals surface area contributed by atoms with E-state index in [-0.39, 0.29) is 23.8 Å². The summed E-state index contributed by atoms with van der Waals surface area (Å²) in [7, 11) is 0. The fourth-order valence-electron chi connectivity index (χ4n) is 4.90. The number of carbonyl (C=O) groups excluding carboxylic acids is 2. The van der Waals surface area contributed by atoms with Gasteiger partial charge >= 0.3 is 0 Å². The Kier molecular flexibility index (Phi) is 8.75. The summed E-state index contributed by atoms with van der Waals surface area (Å²) in [6.07, 6.45) is 4.62. The first-order chi connectivity index (χ1) is 17.0. The summed E-state index contributed by atoms with van der Waals surface area (Å²) in [5.41, 5.74) is 3.18. The van der Waals surface area contributed by atoms with Crippen LogP contribution in [0.3, 0.4) is 0 Å². The highest BCUT2D eigenvalue weighted by Gasteiger charge is 2.30. The van der Waals surface area contributed by atoms with Gasteiger partial charge in [0.15, 0.2) is 0 Å². The Morgan fingerprint density at radius 2 is 1.51 bits per heavy atom. The van der Waals surface area contributed by atoms with Gasteiger partial charge in [0.25, 0.3) is 0 Å². The zero-order valence-electron chi connectivity index (χ0n) is 20.2. The van der Waals surface area contributed by atoms with Crippen LogP contribution in [0.4, 0.5) is 0 Å². The van der Waals surface area contributed by atoms with E-state index < -0.39 is 6.04 Å². The van der Waals surface area contributed by atoms with Crippen LogP contribution in [0.1, 0.15) is 61.6 Å². The summed E-state index contributed by atoms with van der Waals surface area (Å²) in [6.45, 7) is 2.23. The second-order valence-corrected chi connectivity index (χ2v) is 10.3. The first kappa shape index (κ1) is 25.2. The number of hydrogen-bond donors (Lipinski definition) is 1. The fraction of sp³-hybridized carbons (Fsp3) is 0.333. The molecule has 1 saturated carbocycles. The lowest BCUT2D eigenvalue weighted by Crippen LogP contribution is -2.49. The topological polar surface area (TPSA) is 49.4 Å². The third kappa shape index (κ3) is 6.82. The maximum Gasteiger partial charge on any atom is 0.242 e. The third-order valence-electron chi connectivity index (χ3n) is 6.89. The van der Waals surface area contributed by atoms with Gasteiger partial charge in [-0.25, -0.2) is 0 Å². The molecule has 4 rings (SSSR count). The molecule has 0 saturated heterocycles. The number of carbonyl (C=O) groups is 2. The summed E-state index contributed by atoms with van der Waals surface area (Å²) in [4.78, 5) is 28.9. The van der Waals surface area contributed by atoms with Crippen molar-refractivity contribution in [3.8, 4) is 0 Å². The number of benzene rings is 3. The minimum absolute atomic E-state index is 0.0308. The Hall–Kier alpha value is -2.92. The molecule has 0 heterocycles. The molecule has 1 unspecified atom stereocenters. The number of halogens is 1. The first-order valence-corrected chi connectivity index (χ1v) is 13.2. The minimum Gasteiger partial charge on any atom is -0.352 e. The molecule has 0 spiro atoms. The normalized spacial score (nSPS) is 14.6. The van der Waals surface area contributed by atoms with Crippen LogP contribution in [-0.4, -0.2) is 28.8 Å². The first-order valence-electron chi connectivity index (χ1n) is 12.5. The van der Waals surface area contributed by atoms with Crippen molar-refractivity contribution in [1.82, 2.24) is 10.2 Å². The van der Waals surface area contributed by atoms with Gasteiger partial charge in [-0.2, -0.15) is 0 Å². The summed E-state index contributed by atoms with van der Waals surface area (Å²) in [5.74, 6) is -0.187. The van der Waals surface area contributed by atoms with E-state index >= 15 is 0 Å². The molecule has 1 atom stereocenters. The Labute approximate surface area is 216 Å². The lowest BCUT2D eigenvalue weighted by molar-refractivity contribution is -0.141. The highest BCUT2D eigenvalue weighted by molar-refractivity contribution is 9.10. The van der Waals surface area contributed by atoms with E-state index in [4.69, 9.17) is 0 Å². The lowest BCUT2D eigenvalue weighted by atomic mass is 9.88. The van der Waals surface area contributed by atoms with Crippen LogP contribution in [0.15, 0.2) is 89.4 Å². The molecule has 0 bridgehead atoms. The zero-order chi connectivity index (χ0) is 24.6. The van der Waals surface area contributed by atoms with E-state index in [0.29, 0.717) is 13.0 Å². The summed E-state index contributed by atoms with van der Waals surface area (Å²) >= 11 is 3.53. The molecule has 1 aliphatic rings. The maximum absolute atomic E-state index is 13.9. The van der Waals surface area contributed by atoms with Gasteiger partial charge < -0.3 is 10.2 Å². The SMILES string of the molecule is CC(C(=O)NC1CCCC1)N(Cc1cccc(Br)c1)C(=O)CC(c1ccccc1)c1ccccc1. The predicted octanol–water partition coefficient (Wildman–Crippen LogP) is 6.45. The third-order valence-corrected chi connectivity index (χ3v) is 7.39. The van der Waals surface area contributed by atoms with E-state index in [0.717, 1.165) is 46.8 Å². The minimum atomic E-state index is -0.561. The van der Waals surface area contributed by atoms with Crippen LogP contribution in [0.2, 0.25) is 0 Å². The molecule has 3 aromatic rings. The van der Waals surface area contributed by atoms with Crippen LogP contribution in [0.5, 0.6) is 0 Å². The molecule has 4 nitrogen and oxygen atoms in total. The molecule has 182 valence electrons. The van der Waals surface area contributed by atoms with Crippen molar-refractivity contribution in [2.45, 2.75) is 63.6 Å². The zero-order valence-corrected chi connectivity index (χ0v) is 21.8. The highest BCUT2D eigenvalue weighted by Crippen LogP contribution is 2.29.